The van der Waals surface area contributed by atoms with Gasteiger partial charge in [-0.2, -0.15) is 0 Å². The van der Waals surface area contributed by atoms with Gasteiger partial charge in [0.1, 0.15) is 0 Å². The second kappa shape index (κ2) is 2.74. The van der Waals surface area contributed by atoms with Gasteiger partial charge in [0.2, 0.25) is 0 Å². The third-order valence-corrected chi connectivity index (χ3v) is 4.03. The SMILES string of the molecule is NC1CC12CCNc1ccc(Br)cc12. The Kier molecular flexibility index (Phi) is 1.71. The first-order valence-corrected chi connectivity index (χ1v) is 5.81. The monoisotopic (exact) mass is 252 g/mol. The molecule has 1 aliphatic carbocycles. The lowest BCUT2D eigenvalue weighted by molar-refractivity contribution is 0.598. The molecule has 3 N–H and O–H groups in total. The van der Waals surface area contributed by atoms with Crippen LogP contribution in [-0.4, -0.2) is 12.6 Å². The molecule has 0 radical (unpaired) electrons. The summed E-state index contributed by atoms with van der Waals surface area (Å²) in [6.07, 6.45) is 2.33. The average molecular weight is 253 g/mol. The highest BCUT2D eigenvalue weighted by molar-refractivity contribution is 9.10. The molecule has 74 valence electrons. The molecular weight excluding hydrogens is 240 g/mol. The zero-order chi connectivity index (χ0) is 9.76. The molecule has 3 heteroatoms. The summed E-state index contributed by atoms with van der Waals surface area (Å²) >= 11 is 3.52. The maximum Gasteiger partial charge on any atom is 0.0379 e. The molecule has 1 aromatic rings. The van der Waals surface area contributed by atoms with Gasteiger partial charge in [0.25, 0.3) is 0 Å². The van der Waals surface area contributed by atoms with Gasteiger partial charge in [-0.15, -0.1) is 0 Å². The molecule has 1 spiro atoms. The zero-order valence-electron chi connectivity index (χ0n) is 7.89. The third-order valence-electron chi connectivity index (χ3n) is 3.54. The van der Waals surface area contributed by atoms with Crippen LogP contribution >= 0.6 is 15.9 Å². The van der Waals surface area contributed by atoms with Crippen molar-refractivity contribution in [3.05, 3.63) is 28.2 Å². The standard InChI is InChI=1S/C11H13BrN2/c12-7-1-2-9-8(5-7)11(3-4-14-9)6-10(11)13/h1-2,5,10,14H,3-4,6,13H2. The quantitative estimate of drug-likeness (QED) is 0.744. The minimum Gasteiger partial charge on any atom is -0.385 e. The number of hydrogen-bond donors (Lipinski definition) is 2. The van der Waals surface area contributed by atoms with Gasteiger partial charge >= 0.3 is 0 Å². The van der Waals surface area contributed by atoms with E-state index < -0.39 is 0 Å². The smallest absolute Gasteiger partial charge is 0.0379 e. The van der Waals surface area contributed by atoms with Crippen molar-refractivity contribution in [2.75, 3.05) is 11.9 Å². The molecule has 0 aromatic heterocycles. The van der Waals surface area contributed by atoms with E-state index in [0.29, 0.717) is 11.5 Å². The van der Waals surface area contributed by atoms with Gasteiger partial charge in [-0.3, -0.25) is 0 Å². The van der Waals surface area contributed by atoms with Gasteiger partial charge in [-0.25, -0.2) is 0 Å². The van der Waals surface area contributed by atoms with Gasteiger partial charge in [0, 0.05) is 28.2 Å². The number of benzene rings is 1. The molecule has 1 aliphatic heterocycles. The predicted octanol–water partition coefficient (Wildman–Crippen LogP) is 2.23. The summed E-state index contributed by atoms with van der Waals surface area (Å²) in [4.78, 5) is 0. The van der Waals surface area contributed by atoms with E-state index in [4.69, 9.17) is 5.73 Å². The molecular formula is C11H13BrN2. The summed E-state index contributed by atoms with van der Waals surface area (Å²) in [5.74, 6) is 0. The van der Waals surface area contributed by atoms with Crippen molar-refractivity contribution < 1.29 is 0 Å². The molecule has 14 heavy (non-hydrogen) atoms. The average Bonchev–Trinajstić information content (AvgIpc) is 2.80. The van der Waals surface area contributed by atoms with Crippen LogP contribution in [0.3, 0.4) is 0 Å². The molecule has 0 bridgehead atoms. The molecule has 2 aliphatic rings. The van der Waals surface area contributed by atoms with E-state index in [9.17, 15) is 0 Å². The van der Waals surface area contributed by atoms with Gasteiger partial charge < -0.3 is 11.1 Å². The fourth-order valence-electron chi connectivity index (χ4n) is 2.57. The largest absolute Gasteiger partial charge is 0.385 e. The van der Waals surface area contributed by atoms with Crippen LogP contribution < -0.4 is 11.1 Å². The lowest BCUT2D eigenvalue weighted by Crippen LogP contribution is -2.27. The Balaban J connectivity index is 2.14. The van der Waals surface area contributed by atoms with E-state index in [1.54, 1.807) is 0 Å². The van der Waals surface area contributed by atoms with Crippen molar-refractivity contribution in [1.29, 1.82) is 0 Å². The second-order valence-electron chi connectivity index (χ2n) is 4.33. The van der Waals surface area contributed by atoms with Crippen molar-refractivity contribution >= 4 is 21.6 Å². The molecule has 2 atom stereocenters. The number of nitrogens with one attached hydrogen (secondary N) is 1. The molecule has 2 unspecified atom stereocenters. The Bertz CT molecular complexity index is 391. The Labute approximate surface area is 92.0 Å². The first-order valence-electron chi connectivity index (χ1n) is 5.02. The fraction of sp³-hybridized carbons (Fsp3) is 0.455. The molecule has 1 heterocycles. The van der Waals surface area contributed by atoms with Gasteiger partial charge in [0.05, 0.1) is 0 Å². The Morgan fingerprint density at radius 1 is 1.50 bits per heavy atom. The van der Waals surface area contributed by atoms with E-state index in [1.807, 2.05) is 0 Å². The Morgan fingerprint density at radius 3 is 3.00 bits per heavy atom. The van der Waals surface area contributed by atoms with E-state index in [2.05, 4.69) is 39.4 Å². The van der Waals surface area contributed by atoms with Crippen LogP contribution in [0.2, 0.25) is 0 Å². The van der Waals surface area contributed by atoms with E-state index in [-0.39, 0.29) is 0 Å². The Morgan fingerprint density at radius 2 is 2.29 bits per heavy atom. The molecule has 2 nitrogen and oxygen atoms in total. The Hall–Kier alpha value is -0.540. The van der Waals surface area contributed by atoms with Crippen LogP contribution in [0.1, 0.15) is 18.4 Å². The van der Waals surface area contributed by atoms with Crippen molar-refractivity contribution in [3.8, 4) is 0 Å². The highest BCUT2D eigenvalue weighted by atomic mass is 79.9. The highest BCUT2D eigenvalue weighted by Gasteiger charge is 2.54. The first kappa shape index (κ1) is 8.74. The number of anilines is 1. The second-order valence-corrected chi connectivity index (χ2v) is 5.25. The maximum atomic E-state index is 6.05. The van der Waals surface area contributed by atoms with Crippen LogP contribution in [0.25, 0.3) is 0 Å². The normalized spacial score (nSPS) is 33.7. The molecule has 0 saturated heterocycles. The van der Waals surface area contributed by atoms with Crippen LogP contribution in [0.5, 0.6) is 0 Å². The maximum absolute atomic E-state index is 6.05. The summed E-state index contributed by atoms with van der Waals surface area (Å²) < 4.78 is 1.15. The topological polar surface area (TPSA) is 38.0 Å². The minimum absolute atomic E-state index is 0.296. The molecule has 1 fully saturated rings. The third kappa shape index (κ3) is 1.06. The van der Waals surface area contributed by atoms with Crippen LogP contribution in [-0.2, 0) is 5.41 Å². The molecule has 0 amide bonds. The lowest BCUT2D eigenvalue weighted by atomic mass is 9.87. The zero-order valence-corrected chi connectivity index (χ0v) is 9.47. The van der Waals surface area contributed by atoms with Gasteiger partial charge in [-0.05, 0) is 36.6 Å². The summed E-state index contributed by atoms with van der Waals surface area (Å²) in [7, 11) is 0. The number of nitrogens with two attached hydrogens (primary N) is 1. The summed E-state index contributed by atoms with van der Waals surface area (Å²) in [5, 5.41) is 3.43. The first-order chi connectivity index (χ1) is 6.72. The lowest BCUT2D eigenvalue weighted by Gasteiger charge is -2.27. The summed E-state index contributed by atoms with van der Waals surface area (Å²) in [6, 6.07) is 6.82. The van der Waals surface area contributed by atoms with Crippen molar-refractivity contribution in [2.45, 2.75) is 24.3 Å². The summed E-state index contributed by atoms with van der Waals surface area (Å²) in [6.45, 7) is 1.06. The number of hydrogen-bond acceptors (Lipinski definition) is 2. The van der Waals surface area contributed by atoms with E-state index in [1.165, 1.54) is 17.7 Å². The molecule has 1 aromatic carbocycles. The van der Waals surface area contributed by atoms with Crippen LogP contribution in [0.4, 0.5) is 5.69 Å². The fourth-order valence-corrected chi connectivity index (χ4v) is 2.93. The van der Waals surface area contributed by atoms with Crippen LogP contribution in [0, 0.1) is 0 Å². The van der Waals surface area contributed by atoms with Crippen LogP contribution in [0.15, 0.2) is 22.7 Å². The number of fused-ring (bicyclic) bond motifs is 2. The van der Waals surface area contributed by atoms with E-state index in [0.717, 1.165) is 17.4 Å². The minimum atomic E-state index is 0.296. The predicted molar refractivity (Wildman–Crippen MR) is 61.5 cm³/mol. The van der Waals surface area contributed by atoms with E-state index >= 15 is 0 Å². The highest BCUT2D eigenvalue weighted by Crippen LogP contribution is 2.54. The molecule has 1 saturated carbocycles. The van der Waals surface area contributed by atoms with Gasteiger partial charge in [0.15, 0.2) is 0 Å². The van der Waals surface area contributed by atoms with Crippen molar-refractivity contribution in [3.63, 3.8) is 0 Å². The number of rotatable bonds is 0. The molecule has 3 rings (SSSR count). The summed E-state index contributed by atoms with van der Waals surface area (Å²) in [5.41, 5.74) is 9.03. The number of halogens is 1. The van der Waals surface area contributed by atoms with Crippen molar-refractivity contribution in [2.24, 2.45) is 5.73 Å². The van der Waals surface area contributed by atoms with Crippen molar-refractivity contribution in [1.82, 2.24) is 0 Å². The van der Waals surface area contributed by atoms with Gasteiger partial charge in [-0.1, -0.05) is 15.9 Å².